The maximum atomic E-state index is 11.0. The number of aliphatic hydroxyl groups excluding tert-OH is 1. The van der Waals surface area contributed by atoms with Crippen LogP contribution < -0.4 is 0 Å². The van der Waals surface area contributed by atoms with E-state index < -0.39 is 12.1 Å². The zero-order valence-electron chi connectivity index (χ0n) is 7.81. The number of methoxy groups -OCH3 is 1. The number of carbonyl (C=O) groups excluding carboxylic acids is 1. The van der Waals surface area contributed by atoms with Crippen molar-refractivity contribution >= 4 is 5.97 Å². The quantitative estimate of drug-likeness (QED) is 0.654. The molecule has 1 rings (SSSR count). The van der Waals surface area contributed by atoms with Crippen molar-refractivity contribution in [2.24, 2.45) is 7.05 Å². The van der Waals surface area contributed by atoms with Crippen molar-refractivity contribution in [2.75, 3.05) is 7.11 Å². The number of esters is 1. The van der Waals surface area contributed by atoms with Crippen LogP contribution in [0.5, 0.6) is 0 Å². The molecule has 0 aliphatic carbocycles. The van der Waals surface area contributed by atoms with Gasteiger partial charge >= 0.3 is 5.97 Å². The predicted molar refractivity (Wildman–Crippen MR) is 44.9 cm³/mol. The predicted octanol–water partition coefficient (Wildman–Crippen LogP) is -0.0651. The molecule has 0 bridgehead atoms. The first-order valence-corrected chi connectivity index (χ1v) is 3.82. The van der Waals surface area contributed by atoms with Gasteiger partial charge in [-0.25, -0.2) is 4.79 Å². The van der Waals surface area contributed by atoms with E-state index in [2.05, 4.69) is 9.84 Å². The Morgan fingerprint density at radius 2 is 2.38 bits per heavy atom. The molecule has 0 amide bonds. The Morgan fingerprint density at radius 3 is 2.77 bits per heavy atom. The van der Waals surface area contributed by atoms with Gasteiger partial charge in [-0.05, 0) is 12.5 Å². The summed E-state index contributed by atoms with van der Waals surface area (Å²) in [6.45, 7) is 1.77. The Balaban J connectivity index is 2.94. The van der Waals surface area contributed by atoms with Crippen LogP contribution in [0.3, 0.4) is 0 Å². The average molecular weight is 184 g/mol. The summed E-state index contributed by atoms with van der Waals surface area (Å²) in [5, 5.41) is 13.4. The highest BCUT2D eigenvalue weighted by molar-refractivity contribution is 5.75. The number of ether oxygens (including phenoxy) is 1. The van der Waals surface area contributed by atoms with Crippen LogP contribution in [0.1, 0.15) is 17.4 Å². The van der Waals surface area contributed by atoms with Gasteiger partial charge in [-0.15, -0.1) is 0 Å². The number of carbonyl (C=O) groups is 1. The number of aliphatic hydroxyl groups is 1. The summed E-state index contributed by atoms with van der Waals surface area (Å²) in [7, 11) is 2.95. The van der Waals surface area contributed by atoms with Gasteiger partial charge < -0.3 is 9.84 Å². The standard InChI is InChI=1S/C8H12N2O3/c1-5-4-10(2)9-6(5)7(11)8(12)13-3/h4,7,11H,1-3H3. The van der Waals surface area contributed by atoms with Gasteiger partial charge in [0.1, 0.15) is 5.69 Å². The molecule has 0 fully saturated rings. The second-order valence-corrected chi connectivity index (χ2v) is 2.80. The van der Waals surface area contributed by atoms with E-state index in [0.717, 1.165) is 5.56 Å². The second kappa shape index (κ2) is 3.57. The van der Waals surface area contributed by atoms with Crippen LogP contribution in [-0.2, 0) is 16.6 Å². The highest BCUT2D eigenvalue weighted by Gasteiger charge is 2.22. The molecule has 5 heteroatoms. The minimum Gasteiger partial charge on any atom is -0.467 e. The smallest absolute Gasteiger partial charge is 0.341 e. The van der Waals surface area contributed by atoms with E-state index in [0.29, 0.717) is 5.69 Å². The third-order valence-electron chi connectivity index (χ3n) is 1.73. The molecule has 1 aromatic rings. The van der Waals surface area contributed by atoms with Crippen molar-refractivity contribution in [3.63, 3.8) is 0 Å². The maximum absolute atomic E-state index is 11.0. The molecule has 0 spiro atoms. The Morgan fingerprint density at radius 1 is 1.77 bits per heavy atom. The lowest BCUT2D eigenvalue weighted by molar-refractivity contribution is -0.151. The molecular formula is C8H12N2O3. The lowest BCUT2D eigenvalue weighted by atomic mass is 10.2. The Labute approximate surface area is 75.9 Å². The zero-order valence-corrected chi connectivity index (χ0v) is 7.81. The number of rotatable bonds is 2. The van der Waals surface area contributed by atoms with Gasteiger partial charge in [-0.2, -0.15) is 5.10 Å². The van der Waals surface area contributed by atoms with Crippen LogP contribution in [0, 0.1) is 6.92 Å². The van der Waals surface area contributed by atoms with Gasteiger partial charge in [-0.1, -0.05) is 0 Å². The van der Waals surface area contributed by atoms with E-state index in [1.54, 1.807) is 20.2 Å². The lowest BCUT2D eigenvalue weighted by Gasteiger charge is -2.05. The van der Waals surface area contributed by atoms with Crippen LogP contribution in [0.25, 0.3) is 0 Å². The lowest BCUT2D eigenvalue weighted by Crippen LogP contribution is -2.15. The molecule has 0 saturated carbocycles. The van der Waals surface area contributed by atoms with Gasteiger partial charge in [0.15, 0.2) is 6.10 Å². The molecule has 72 valence electrons. The molecule has 1 unspecified atom stereocenters. The van der Waals surface area contributed by atoms with E-state index in [4.69, 9.17) is 0 Å². The summed E-state index contributed by atoms with van der Waals surface area (Å²) in [6.07, 6.45) is 0.438. The Bertz CT molecular complexity index is 319. The summed E-state index contributed by atoms with van der Waals surface area (Å²) >= 11 is 0. The SMILES string of the molecule is COC(=O)C(O)c1nn(C)cc1C. The molecule has 13 heavy (non-hydrogen) atoms. The van der Waals surface area contributed by atoms with Crippen LogP contribution in [-0.4, -0.2) is 28.0 Å². The molecule has 0 aliphatic heterocycles. The molecule has 1 atom stereocenters. The summed E-state index contributed by atoms with van der Waals surface area (Å²) in [4.78, 5) is 11.0. The van der Waals surface area contributed by atoms with E-state index >= 15 is 0 Å². The van der Waals surface area contributed by atoms with E-state index in [9.17, 15) is 9.90 Å². The van der Waals surface area contributed by atoms with Crippen LogP contribution in [0.15, 0.2) is 6.20 Å². The van der Waals surface area contributed by atoms with Gasteiger partial charge in [0.2, 0.25) is 0 Å². The molecular weight excluding hydrogens is 172 g/mol. The molecule has 0 saturated heterocycles. The monoisotopic (exact) mass is 184 g/mol. The van der Waals surface area contributed by atoms with Crippen molar-refractivity contribution in [3.05, 3.63) is 17.5 Å². The zero-order chi connectivity index (χ0) is 10.0. The fraction of sp³-hybridized carbons (Fsp3) is 0.500. The van der Waals surface area contributed by atoms with Crippen molar-refractivity contribution in [3.8, 4) is 0 Å². The van der Waals surface area contributed by atoms with Gasteiger partial charge in [0.25, 0.3) is 0 Å². The largest absolute Gasteiger partial charge is 0.467 e. The highest BCUT2D eigenvalue weighted by atomic mass is 16.5. The minimum atomic E-state index is -1.29. The fourth-order valence-corrected chi connectivity index (χ4v) is 1.12. The summed E-state index contributed by atoms with van der Waals surface area (Å²) < 4.78 is 5.93. The summed E-state index contributed by atoms with van der Waals surface area (Å²) in [5.74, 6) is -0.693. The normalized spacial score (nSPS) is 12.6. The third-order valence-corrected chi connectivity index (χ3v) is 1.73. The molecule has 0 aromatic carbocycles. The number of hydrogen-bond acceptors (Lipinski definition) is 4. The second-order valence-electron chi connectivity index (χ2n) is 2.80. The van der Waals surface area contributed by atoms with Crippen molar-refractivity contribution in [1.82, 2.24) is 9.78 Å². The van der Waals surface area contributed by atoms with E-state index in [1.165, 1.54) is 11.8 Å². The average Bonchev–Trinajstić information content (AvgIpc) is 2.42. The topological polar surface area (TPSA) is 64.3 Å². The van der Waals surface area contributed by atoms with E-state index in [-0.39, 0.29) is 0 Å². The first kappa shape index (κ1) is 9.73. The molecule has 1 heterocycles. The fourth-order valence-electron chi connectivity index (χ4n) is 1.12. The van der Waals surface area contributed by atoms with Crippen molar-refractivity contribution < 1.29 is 14.6 Å². The van der Waals surface area contributed by atoms with Gasteiger partial charge in [0, 0.05) is 13.2 Å². The number of hydrogen-bond donors (Lipinski definition) is 1. The van der Waals surface area contributed by atoms with Gasteiger partial charge in [0.05, 0.1) is 7.11 Å². The highest BCUT2D eigenvalue weighted by Crippen LogP contribution is 2.15. The number of aromatic nitrogens is 2. The van der Waals surface area contributed by atoms with Crippen LogP contribution in [0.4, 0.5) is 0 Å². The third kappa shape index (κ3) is 1.86. The number of aryl methyl sites for hydroxylation is 2. The molecule has 0 aliphatic rings. The minimum absolute atomic E-state index is 0.342. The first-order valence-electron chi connectivity index (χ1n) is 3.82. The molecule has 1 aromatic heterocycles. The van der Waals surface area contributed by atoms with Gasteiger partial charge in [-0.3, -0.25) is 4.68 Å². The molecule has 5 nitrogen and oxygen atoms in total. The maximum Gasteiger partial charge on any atom is 0.341 e. The van der Waals surface area contributed by atoms with Crippen molar-refractivity contribution in [2.45, 2.75) is 13.0 Å². The van der Waals surface area contributed by atoms with E-state index in [1.807, 2.05) is 0 Å². The Hall–Kier alpha value is -1.36. The summed E-state index contributed by atoms with van der Waals surface area (Å²) in [5.41, 5.74) is 1.11. The molecule has 1 N–H and O–H groups in total. The Kier molecular flexibility index (Phi) is 2.67. The number of nitrogens with zero attached hydrogens (tertiary/aromatic N) is 2. The summed E-state index contributed by atoms with van der Waals surface area (Å²) in [6, 6.07) is 0. The molecule has 0 radical (unpaired) electrons. The van der Waals surface area contributed by atoms with Crippen LogP contribution in [0.2, 0.25) is 0 Å². The van der Waals surface area contributed by atoms with Crippen molar-refractivity contribution in [1.29, 1.82) is 0 Å². The van der Waals surface area contributed by atoms with Crippen LogP contribution >= 0.6 is 0 Å². The first-order chi connectivity index (χ1) is 6.06.